The monoisotopic (exact) mass is 373 g/mol. The number of aromatic nitrogens is 1. The number of ketones is 1. The lowest BCUT2D eigenvalue weighted by atomic mass is 10.1. The van der Waals surface area contributed by atoms with Crippen molar-refractivity contribution in [1.82, 2.24) is 9.88 Å². The van der Waals surface area contributed by atoms with Gasteiger partial charge in [0.2, 0.25) is 0 Å². The van der Waals surface area contributed by atoms with Crippen molar-refractivity contribution in [2.24, 2.45) is 7.05 Å². The van der Waals surface area contributed by atoms with Gasteiger partial charge in [-0.2, -0.15) is 0 Å². The van der Waals surface area contributed by atoms with Crippen LogP contribution >= 0.6 is 0 Å². The number of halogens is 1. The Hall–Kier alpha value is -2.96. The van der Waals surface area contributed by atoms with Gasteiger partial charge in [0.15, 0.2) is 0 Å². The second-order valence-corrected chi connectivity index (χ2v) is 6.87. The molecule has 144 valence electrons. The lowest BCUT2D eigenvalue weighted by Gasteiger charge is -2.09. The van der Waals surface area contributed by atoms with Crippen LogP contribution in [0.1, 0.15) is 51.5 Å². The molecule has 0 fully saturated rings. The number of nitrogens with zero attached hydrogens (tertiary/aromatic N) is 1. The van der Waals surface area contributed by atoms with Gasteiger partial charge in [-0.05, 0) is 63.9 Å². The van der Waals surface area contributed by atoms with E-state index in [4.69, 9.17) is 0 Å². The maximum atomic E-state index is 13.4. The Morgan fingerprint density at radius 1 is 1.11 bits per heavy atom. The first-order chi connectivity index (χ1) is 12.5. The van der Waals surface area contributed by atoms with Crippen molar-refractivity contribution in [3.63, 3.8) is 0 Å². The molecule has 0 radical (unpaired) electrons. The molecule has 0 unspecified atom stereocenters. The zero-order chi connectivity index (χ0) is 20.5. The number of amides is 2. The Balaban J connectivity index is 2.38. The highest BCUT2D eigenvalue weighted by Gasteiger charge is 2.28. The van der Waals surface area contributed by atoms with Gasteiger partial charge in [-0.15, -0.1) is 0 Å². The predicted octanol–water partition coefficient (Wildman–Crippen LogP) is 3.05. The molecule has 27 heavy (non-hydrogen) atoms. The molecule has 2 aromatic rings. The zero-order valence-corrected chi connectivity index (χ0v) is 16.4. The van der Waals surface area contributed by atoms with Gasteiger partial charge >= 0.3 is 0 Å². The van der Waals surface area contributed by atoms with Crippen LogP contribution in [0.4, 0.5) is 10.1 Å². The van der Waals surface area contributed by atoms with Crippen LogP contribution in [0.2, 0.25) is 0 Å². The van der Waals surface area contributed by atoms with Gasteiger partial charge in [0.1, 0.15) is 5.82 Å². The fourth-order valence-corrected chi connectivity index (χ4v) is 2.99. The van der Waals surface area contributed by atoms with Crippen LogP contribution in [0.25, 0.3) is 0 Å². The molecule has 0 aliphatic rings. The number of benzene rings is 1. The second-order valence-electron chi connectivity index (χ2n) is 6.87. The van der Waals surface area contributed by atoms with Gasteiger partial charge in [-0.25, -0.2) is 4.39 Å². The van der Waals surface area contributed by atoms with E-state index in [1.807, 2.05) is 0 Å². The molecule has 0 spiro atoms. The summed E-state index contributed by atoms with van der Waals surface area (Å²) in [5, 5.41) is 5.28. The summed E-state index contributed by atoms with van der Waals surface area (Å²) in [5.41, 5.74) is 2.34. The molecule has 0 saturated carbocycles. The van der Waals surface area contributed by atoms with Gasteiger partial charge in [0, 0.05) is 24.5 Å². The number of carbonyl (C=O) groups excluding carboxylic acids is 3. The normalized spacial score (nSPS) is 10.8. The number of nitrogens with one attached hydrogen (secondary N) is 2. The summed E-state index contributed by atoms with van der Waals surface area (Å²) in [5.74, 6) is -2.18. The molecule has 2 N–H and O–H groups in total. The van der Waals surface area contributed by atoms with Crippen LogP contribution in [-0.2, 0) is 11.8 Å². The van der Waals surface area contributed by atoms with E-state index in [1.165, 1.54) is 18.2 Å². The zero-order valence-electron chi connectivity index (χ0n) is 16.4. The van der Waals surface area contributed by atoms with Gasteiger partial charge in [-0.3, -0.25) is 14.4 Å². The van der Waals surface area contributed by atoms with Crippen LogP contribution in [0.15, 0.2) is 18.2 Å². The average Bonchev–Trinajstić information content (AvgIpc) is 2.79. The first-order valence-electron chi connectivity index (χ1n) is 8.63. The lowest BCUT2D eigenvalue weighted by molar-refractivity contribution is -0.117. The van der Waals surface area contributed by atoms with Crippen molar-refractivity contribution in [3.8, 4) is 0 Å². The maximum Gasteiger partial charge on any atom is 0.294 e. The van der Waals surface area contributed by atoms with Gasteiger partial charge in [0.05, 0.1) is 11.3 Å². The summed E-state index contributed by atoms with van der Waals surface area (Å²) < 4.78 is 15.0. The quantitative estimate of drug-likeness (QED) is 0.624. The highest BCUT2D eigenvalue weighted by molar-refractivity contribution is 6.43. The van der Waals surface area contributed by atoms with Crippen molar-refractivity contribution in [2.45, 2.75) is 40.7 Å². The molecule has 1 aromatic heterocycles. The number of Topliss-reactive ketones (excluding diaryl/α,β-unsaturated/α-hetero) is 1. The Kier molecular flexibility index (Phi) is 5.83. The van der Waals surface area contributed by atoms with Crippen molar-refractivity contribution >= 4 is 23.3 Å². The second kappa shape index (κ2) is 7.73. The van der Waals surface area contributed by atoms with E-state index in [-0.39, 0.29) is 17.6 Å². The number of carbonyl (C=O) groups is 3. The van der Waals surface area contributed by atoms with E-state index >= 15 is 0 Å². The molecule has 0 atom stereocenters. The molecule has 2 amide bonds. The van der Waals surface area contributed by atoms with E-state index in [0.29, 0.717) is 28.1 Å². The van der Waals surface area contributed by atoms with Crippen molar-refractivity contribution < 1.29 is 18.8 Å². The third-order valence-electron chi connectivity index (χ3n) is 4.41. The first-order valence-corrected chi connectivity index (χ1v) is 8.63. The van der Waals surface area contributed by atoms with Crippen molar-refractivity contribution in [2.75, 3.05) is 5.32 Å². The number of rotatable bonds is 5. The maximum absolute atomic E-state index is 13.4. The van der Waals surface area contributed by atoms with Crippen LogP contribution < -0.4 is 10.6 Å². The Labute approximate surface area is 157 Å². The molecule has 0 aliphatic heterocycles. The molecule has 0 bridgehead atoms. The third-order valence-corrected chi connectivity index (χ3v) is 4.41. The fraction of sp³-hybridized carbons (Fsp3) is 0.350. The summed E-state index contributed by atoms with van der Waals surface area (Å²) in [7, 11) is 1.64. The SMILES string of the molecule is Cc1cc(NC(=O)c2c(C)c(C(=O)C(=O)NC(C)C)n(C)c2C)ccc1F. The molecule has 0 aliphatic carbocycles. The smallest absolute Gasteiger partial charge is 0.294 e. The largest absolute Gasteiger partial charge is 0.347 e. The predicted molar refractivity (Wildman–Crippen MR) is 102 cm³/mol. The standard InChI is InChI=1S/C20H24FN3O3/c1-10(2)22-20(27)18(25)17-12(4)16(13(5)24(17)6)19(26)23-14-7-8-15(21)11(3)9-14/h7-10H,1-6H3,(H,22,27)(H,23,26). The van der Waals surface area contributed by atoms with Gasteiger partial charge in [0.25, 0.3) is 17.6 Å². The van der Waals surface area contributed by atoms with Crippen LogP contribution in [0.3, 0.4) is 0 Å². The fourth-order valence-electron chi connectivity index (χ4n) is 2.99. The summed E-state index contributed by atoms with van der Waals surface area (Å²) in [4.78, 5) is 37.4. The highest BCUT2D eigenvalue weighted by atomic mass is 19.1. The third kappa shape index (κ3) is 4.07. The first kappa shape index (κ1) is 20.4. The molecule has 7 heteroatoms. The Morgan fingerprint density at radius 3 is 2.30 bits per heavy atom. The number of hydrogen-bond donors (Lipinski definition) is 2. The average molecular weight is 373 g/mol. The molecule has 2 rings (SSSR count). The number of anilines is 1. The molecular formula is C20H24FN3O3. The summed E-state index contributed by atoms with van der Waals surface area (Å²) >= 11 is 0. The van der Waals surface area contributed by atoms with Crippen molar-refractivity contribution in [1.29, 1.82) is 0 Å². The van der Waals surface area contributed by atoms with Crippen molar-refractivity contribution in [3.05, 3.63) is 52.1 Å². The van der Waals surface area contributed by atoms with E-state index in [0.717, 1.165) is 0 Å². The molecule has 1 heterocycles. The van der Waals surface area contributed by atoms with Crippen LogP contribution in [0, 0.1) is 26.6 Å². The summed E-state index contributed by atoms with van der Waals surface area (Å²) in [6, 6.07) is 4.10. The minimum Gasteiger partial charge on any atom is -0.347 e. The molecular weight excluding hydrogens is 349 g/mol. The Bertz CT molecular complexity index is 929. The van der Waals surface area contributed by atoms with Gasteiger partial charge < -0.3 is 15.2 Å². The molecule has 0 saturated heterocycles. The number of hydrogen-bond acceptors (Lipinski definition) is 3. The topological polar surface area (TPSA) is 80.2 Å². The van der Waals surface area contributed by atoms with E-state index in [1.54, 1.807) is 46.2 Å². The van der Waals surface area contributed by atoms with E-state index in [9.17, 15) is 18.8 Å². The highest BCUT2D eigenvalue weighted by Crippen LogP contribution is 2.23. The summed E-state index contributed by atoms with van der Waals surface area (Å²) in [6.07, 6.45) is 0. The number of aryl methyl sites for hydroxylation is 1. The van der Waals surface area contributed by atoms with Gasteiger partial charge in [-0.1, -0.05) is 0 Å². The minimum atomic E-state index is -0.713. The van der Waals surface area contributed by atoms with E-state index in [2.05, 4.69) is 10.6 Å². The van der Waals surface area contributed by atoms with Crippen LogP contribution in [-0.4, -0.2) is 28.2 Å². The molecule has 6 nitrogen and oxygen atoms in total. The Morgan fingerprint density at radius 2 is 1.74 bits per heavy atom. The van der Waals surface area contributed by atoms with Crippen LogP contribution in [0.5, 0.6) is 0 Å². The lowest BCUT2D eigenvalue weighted by Crippen LogP contribution is -2.37. The van der Waals surface area contributed by atoms with E-state index < -0.39 is 17.6 Å². The summed E-state index contributed by atoms with van der Waals surface area (Å²) in [6.45, 7) is 8.46. The molecule has 1 aromatic carbocycles. The minimum absolute atomic E-state index is 0.172.